The van der Waals surface area contributed by atoms with E-state index in [0.29, 0.717) is 28.0 Å². The van der Waals surface area contributed by atoms with Crippen LogP contribution in [0.3, 0.4) is 0 Å². The van der Waals surface area contributed by atoms with Crippen LogP contribution in [0.4, 0.5) is 24.7 Å². The van der Waals surface area contributed by atoms with Gasteiger partial charge in [-0.3, -0.25) is 4.79 Å². The highest BCUT2D eigenvalue weighted by Gasteiger charge is 2.30. The summed E-state index contributed by atoms with van der Waals surface area (Å²) in [7, 11) is 1.59. The second-order valence-electron chi connectivity index (χ2n) is 6.10. The van der Waals surface area contributed by atoms with Crippen LogP contribution in [-0.2, 0) is 0 Å². The number of ether oxygens (including phenoxy) is 1. The zero-order valence-electron chi connectivity index (χ0n) is 15.3. The molecule has 3 rings (SSSR count). The minimum absolute atomic E-state index is 0.140. The number of aliphatic hydroxyl groups is 1. The van der Waals surface area contributed by atoms with Crippen molar-refractivity contribution in [3.63, 3.8) is 0 Å². The molecule has 0 bridgehead atoms. The van der Waals surface area contributed by atoms with Gasteiger partial charge in [0.1, 0.15) is 17.9 Å². The molecular weight excluding hydrogens is 389 g/mol. The Bertz CT molecular complexity index is 1010. The molecule has 1 amide bonds. The number of carbonyl (C=O) groups excluding carboxylic acids is 1. The molecule has 2 N–H and O–H groups in total. The van der Waals surface area contributed by atoms with Gasteiger partial charge in [-0.05, 0) is 42.5 Å². The van der Waals surface area contributed by atoms with Gasteiger partial charge in [-0.2, -0.15) is 0 Å². The van der Waals surface area contributed by atoms with Gasteiger partial charge < -0.3 is 20.1 Å². The molecule has 29 heavy (non-hydrogen) atoms. The van der Waals surface area contributed by atoms with Crippen molar-refractivity contribution in [3.05, 3.63) is 54.4 Å². The van der Waals surface area contributed by atoms with Crippen LogP contribution in [0.15, 0.2) is 48.8 Å². The number of carbonyl (C=O) groups is 1. The first-order chi connectivity index (χ1) is 13.8. The minimum Gasteiger partial charge on any atom is -0.406 e. The number of aliphatic hydroxyl groups excluding tert-OH is 1. The van der Waals surface area contributed by atoms with E-state index in [0.717, 1.165) is 0 Å². The Labute approximate surface area is 163 Å². The smallest absolute Gasteiger partial charge is 0.406 e. The van der Waals surface area contributed by atoms with Gasteiger partial charge in [0.25, 0.3) is 5.91 Å². The topological polar surface area (TPSA) is 87.6 Å². The fraction of sp³-hybridized carbons (Fsp3) is 0.211. The SMILES string of the molecule is CN(CCO)C(=O)c1ccc2c(Nc3ccc(OC(F)(F)F)cc3)ncnc2c1. The number of aromatic nitrogens is 2. The van der Waals surface area contributed by atoms with E-state index >= 15 is 0 Å². The zero-order chi connectivity index (χ0) is 21.0. The maximum Gasteiger partial charge on any atom is 0.573 e. The molecule has 152 valence electrons. The highest BCUT2D eigenvalue weighted by Crippen LogP contribution is 2.27. The van der Waals surface area contributed by atoms with Gasteiger partial charge in [-0.1, -0.05) is 0 Å². The fourth-order valence-corrected chi connectivity index (χ4v) is 2.64. The van der Waals surface area contributed by atoms with Gasteiger partial charge in [0.15, 0.2) is 0 Å². The van der Waals surface area contributed by atoms with Crippen LogP contribution in [0, 0.1) is 0 Å². The molecule has 1 heterocycles. The van der Waals surface area contributed by atoms with E-state index in [1.165, 1.54) is 35.5 Å². The van der Waals surface area contributed by atoms with Crippen LogP contribution in [0.5, 0.6) is 5.75 Å². The fourth-order valence-electron chi connectivity index (χ4n) is 2.64. The number of alkyl halides is 3. The van der Waals surface area contributed by atoms with Crippen molar-refractivity contribution in [2.45, 2.75) is 6.36 Å². The van der Waals surface area contributed by atoms with Crippen LogP contribution in [0.25, 0.3) is 10.9 Å². The van der Waals surface area contributed by atoms with Crippen molar-refractivity contribution in [2.24, 2.45) is 0 Å². The predicted molar refractivity (Wildman–Crippen MR) is 100.0 cm³/mol. The first kappa shape index (κ1) is 20.3. The Hall–Kier alpha value is -3.40. The summed E-state index contributed by atoms with van der Waals surface area (Å²) in [6.07, 6.45) is -3.43. The number of hydrogen-bond acceptors (Lipinski definition) is 6. The van der Waals surface area contributed by atoms with Gasteiger partial charge in [0.05, 0.1) is 12.1 Å². The molecular formula is C19H17F3N4O3. The van der Waals surface area contributed by atoms with Crippen LogP contribution >= 0.6 is 0 Å². The summed E-state index contributed by atoms with van der Waals surface area (Å²) in [5.74, 6) is -0.151. The van der Waals surface area contributed by atoms with Crippen molar-refractivity contribution in [1.82, 2.24) is 14.9 Å². The number of fused-ring (bicyclic) bond motifs is 1. The third kappa shape index (κ3) is 5.11. The van der Waals surface area contributed by atoms with Crippen molar-refractivity contribution in [1.29, 1.82) is 0 Å². The Morgan fingerprint density at radius 1 is 1.17 bits per heavy atom. The Balaban J connectivity index is 1.82. The lowest BCUT2D eigenvalue weighted by Gasteiger charge is -2.16. The van der Waals surface area contributed by atoms with E-state index in [1.807, 2.05) is 0 Å². The minimum atomic E-state index is -4.75. The maximum absolute atomic E-state index is 12.3. The quantitative estimate of drug-likeness (QED) is 0.653. The average molecular weight is 406 g/mol. The number of nitrogens with zero attached hydrogens (tertiary/aromatic N) is 3. The Kier molecular flexibility index (Phi) is 5.83. The Morgan fingerprint density at radius 3 is 2.55 bits per heavy atom. The van der Waals surface area contributed by atoms with Crippen molar-refractivity contribution in [3.8, 4) is 5.75 Å². The van der Waals surface area contributed by atoms with Gasteiger partial charge >= 0.3 is 6.36 Å². The highest BCUT2D eigenvalue weighted by molar-refractivity contribution is 6.00. The molecule has 0 unspecified atom stereocenters. The molecule has 2 aromatic carbocycles. The zero-order valence-corrected chi connectivity index (χ0v) is 15.3. The van der Waals surface area contributed by atoms with Crippen molar-refractivity contribution >= 4 is 28.3 Å². The van der Waals surface area contributed by atoms with E-state index in [1.54, 1.807) is 25.2 Å². The number of benzene rings is 2. The van der Waals surface area contributed by atoms with E-state index in [2.05, 4.69) is 20.0 Å². The van der Waals surface area contributed by atoms with Crippen molar-refractivity contribution in [2.75, 3.05) is 25.5 Å². The molecule has 0 fully saturated rings. The molecule has 1 aromatic heterocycles. The van der Waals surface area contributed by atoms with Crippen LogP contribution in [-0.4, -0.2) is 52.4 Å². The summed E-state index contributed by atoms with van der Waals surface area (Å²) in [6, 6.07) is 10.1. The lowest BCUT2D eigenvalue weighted by molar-refractivity contribution is -0.274. The number of amides is 1. The monoisotopic (exact) mass is 406 g/mol. The summed E-state index contributed by atoms with van der Waals surface area (Å²) in [6.45, 7) is 0.0698. The van der Waals surface area contributed by atoms with Gasteiger partial charge in [-0.25, -0.2) is 9.97 Å². The lowest BCUT2D eigenvalue weighted by Crippen LogP contribution is -2.29. The van der Waals surface area contributed by atoms with Crippen molar-refractivity contribution < 1.29 is 27.8 Å². The molecule has 0 aliphatic carbocycles. The summed E-state index contributed by atoms with van der Waals surface area (Å²) >= 11 is 0. The largest absolute Gasteiger partial charge is 0.573 e. The van der Waals surface area contributed by atoms with Crippen LogP contribution in [0.2, 0.25) is 0 Å². The molecule has 0 spiro atoms. The third-order valence-corrected chi connectivity index (χ3v) is 4.02. The maximum atomic E-state index is 12.3. The number of halogens is 3. The van der Waals surface area contributed by atoms with E-state index < -0.39 is 6.36 Å². The summed E-state index contributed by atoms with van der Waals surface area (Å²) in [5.41, 5.74) is 1.43. The molecule has 10 heteroatoms. The summed E-state index contributed by atoms with van der Waals surface area (Å²) in [5, 5.41) is 12.6. The number of anilines is 2. The van der Waals surface area contributed by atoms with Crippen LogP contribution < -0.4 is 10.1 Å². The highest BCUT2D eigenvalue weighted by atomic mass is 19.4. The molecule has 3 aromatic rings. The second kappa shape index (κ2) is 8.31. The molecule has 0 saturated heterocycles. The summed E-state index contributed by atoms with van der Waals surface area (Å²) in [4.78, 5) is 22.1. The standard InChI is InChI=1S/C19H17F3N4O3/c1-26(8-9-27)18(28)12-2-7-15-16(10-12)23-11-24-17(15)25-13-3-5-14(6-4-13)29-19(20,21)22/h2-7,10-11,27H,8-9H2,1H3,(H,23,24,25). The molecule has 0 saturated carbocycles. The predicted octanol–water partition coefficient (Wildman–Crippen LogP) is 3.34. The first-order valence-corrected chi connectivity index (χ1v) is 8.51. The molecule has 7 nitrogen and oxygen atoms in total. The van der Waals surface area contributed by atoms with E-state index in [-0.39, 0.29) is 24.8 Å². The Morgan fingerprint density at radius 2 is 1.90 bits per heavy atom. The molecule has 0 aliphatic heterocycles. The van der Waals surface area contributed by atoms with Gasteiger partial charge in [-0.15, -0.1) is 13.2 Å². The molecule has 0 aliphatic rings. The lowest BCUT2D eigenvalue weighted by atomic mass is 10.1. The number of hydrogen-bond donors (Lipinski definition) is 2. The average Bonchev–Trinajstić information content (AvgIpc) is 2.68. The van der Waals surface area contributed by atoms with E-state index in [4.69, 9.17) is 5.11 Å². The number of likely N-dealkylation sites (N-methyl/N-ethyl adjacent to an activating group) is 1. The van der Waals surface area contributed by atoms with Crippen LogP contribution in [0.1, 0.15) is 10.4 Å². The summed E-state index contributed by atoms with van der Waals surface area (Å²) < 4.78 is 40.6. The number of nitrogens with one attached hydrogen (secondary N) is 1. The molecule has 0 radical (unpaired) electrons. The first-order valence-electron chi connectivity index (χ1n) is 8.51. The van der Waals surface area contributed by atoms with E-state index in [9.17, 15) is 18.0 Å². The normalized spacial score (nSPS) is 11.3. The second-order valence-corrected chi connectivity index (χ2v) is 6.10. The number of rotatable bonds is 6. The van der Waals surface area contributed by atoms with Gasteiger partial charge in [0, 0.05) is 30.2 Å². The molecule has 0 atom stereocenters. The van der Waals surface area contributed by atoms with Gasteiger partial charge in [0.2, 0.25) is 0 Å². The third-order valence-electron chi connectivity index (χ3n) is 4.02.